The van der Waals surface area contributed by atoms with Gasteiger partial charge in [-0.25, -0.2) is 18.8 Å². The van der Waals surface area contributed by atoms with Gasteiger partial charge in [0.1, 0.15) is 5.82 Å². The number of pyridine rings is 1. The van der Waals surface area contributed by atoms with Gasteiger partial charge in [0.15, 0.2) is 11.6 Å². The third kappa shape index (κ3) is 3.77. The summed E-state index contributed by atoms with van der Waals surface area (Å²) >= 11 is 0. The Bertz CT molecular complexity index is 1140. The zero-order valence-electron chi connectivity index (χ0n) is 14.0. The second-order valence-corrected chi connectivity index (χ2v) is 5.68. The normalized spacial score (nSPS) is 11.2. The topological polar surface area (TPSA) is 63.1 Å². The molecule has 0 aliphatic heterocycles. The Morgan fingerprint density at radius 2 is 1.81 bits per heavy atom. The Morgan fingerprint density at radius 3 is 2.70 bits per heavy atom. The first-order chi connectivity index (χ1) is 13.2. The number of benzene rings is 2. The first kappa shape index (κ1) is 16.7. The Balaban J connectivity index is 1.61. The van der Waals surface area contributed by atoms with Crippen molar-refractivity contribution in [2.75, 3.05) is 5.32 Å². The third-order valence-electron chi connectivity index (χ3n) is 3.82. The highest BCUT2D eigenvalue weighted by molar-refractivity contribution is 5.83. The van der Waals surface area contributed by atoms with Crippen molar-refractivity contribution >= 4 is 34.6 Å². The molecule has 0 unspecified atom stereocenters. The Labute approximate surface area is 153 Å². The maximum atomic E-state index is 14.1. The van der Waals surface area contributed by atoms with Crippen LogP contribution in [0.4, 0.5) is 26.2 Å². The fourth-order valence-corrected chi connectivity index (χ4v) is 2.50. The van der Waals surface area contributed by atoms with E-state index in [4.69, 9.17) is 0 Å². The van der Waals surface area contributed by atoms with Gasteiger partial charge in [-0.3, -0.25) is 4.98 Å². The molecule has 5 nitrogen and oxygen atoms in total. The summed E-state index contributed by atoms with van der Waals surface area (Å²) in [5.74, 6) is -1.03. The van der Waals surface area contributed by atoms with Gasteiger partial charge < -0.3 is 5.32 Å². The molecule has 27 heavy (non-hydrogen) atoms. The number of aliphatic imine (C=N–C) groups is 1. The summed E-state index contributed by atoms with van der Waals surface area (Å²) < 4.78 is 27.7. The number of rotatable bonds is 4. The van der Waals surface area contributed by atoms with E-state index in [0.29, 0.717) is 11.3 Å². The first-order valence-corrected chi connectivity index (χ1v) is 8.12. The Hall–Kier alpha value is -3.74. The van der Waals surface area contributed by atoms with Crippen molar-refractivity contribution in [2.45, 2.75) is 0 Å². The lowest BCUT2D eigenvalue weighted by Gasteiger charge is -2.07. The number of fused-ring (bicyclic) bond motifs is 1. The van der Waals surface area contributed by atoms with Crippen LogP contribution in [0, 0.1) is 11.6 Å². The second kappa shape index (κ2) is 7.25. The van der Waals surface area contributed by atoms with Gasteiger partial charge in [-0.2, -0.15) is 4.98 Å². The van der Waals surface area contributed by atoms with Crippen LogP contribution in [0.25, 0.3) is 10.9 Å². The molecule has 2 aromatic carbocycles. The third-order valence-corrected chi connectivity index (χ3v) is 3.82. The summed E-state index contributed by atoms with van der Waals surface area (Å²) in [5.41, 5.74) is 1.78. The van der Waals surface area contributed by atoms with Crippen LogP contribution in [0.3, 0.4) is 0 Å². The molecule has 132 valence electrons. The molecule has 0 aliphatic rings. The van der Waals surface area contributed by atoms with E-state index >= 15 is 0 Å². The quantitative estimate of drug-likeness (QED) is 0.531. The number of anilines is 2. The predicted octanol–water partition coefficient (Wildman–Crippen LogP) is 4.80. The van der Waals surface area contributed by atoms with Gasteiger partial charge in [0.05, 0.1) is 11.7 Å². The van der Waals surface area contributed by atoms with Gasteiger partial charge in [-0.05, 0) is 30.3 Å². The zero-order chi connectivity index (χ0) is 18.6. The summed E-state index contributed by atoms with van der Waals surface area (Å²) in [6.07, 6.45) is 4.03. The molecule has 0 bridgehead atoms. The van der Waals surface area contributed by atoms with Gasteiger partial charge in [-0.1, -0.05) is 24.3 Å². The molecule has 0 atom stereocenters. The molecule has 4 rings (SSSR count). The van der Waals surface area contributed by atoms with Gasteiger partial charge in [0.25, 0.3) is 5.95 Å². The standard InChI is InChI=1S/C20H13F2N5/c21-16-6-2-1-4-14(16)11-24-20-25-12-17(22)19(27-20)26-15-7-8-18-13(10-15)5-3-9-23-18/h1-12H,(H,25,26,27)/b24-11+. The molecular formula is C20H13F2N5. The summed E-state index contributed by atoms with van der Waals surface area (Å²) in [5, 5.41) is 3.82. The van der Waals surface area contributed by atoms with E-state index < -0.39 is 11.6 Å². The largest absolute Gasteiger partial charge is 0.338 e. The lowest BCUT2D eigenvalue weighted by Crippen LogP contribution is -1.99. The van der Waals surface area contributed by atoms with E-state index in [0.717, 1.165) is 17.1 Å². The van der Waals surface area contributed by atoms with E-state index in [9.17, 15) is 8.78 Å². The smallest absolute Gasteiger partial charge is 0.251 e. The van der Waals surface area contributed by atoms with Crippen molar-refractivity contribution in [3.05, 3.63) is 84.2 Å². The molecular weight excluding hydrogens is 348 g/mol. The van der Waals surface area contributed by atoms with Gasteiger partial charge in [-0.15, -0.1) is 0 Å². The lowest BCUT2D eigenvalue weighted by atomic mass is 10.2. The predicted molar refractivity (Wildman–Crippen MR) is 101 cm³/mol. The molecule has 0 spiro atoms. The van der Waals surface area contributed by atoms with Crippen molar-refractivity contribution in [2.24, 2.45) is 4.99 Å². The summed E-state index contributed by atoms with van der Waals surface area (Å²) in [6.45, 7) is 0. The zero-order valence-corrected chi connectivity index (χ0v) is 14.0. The number of halogens is 2. The molecule has 2 heterocycles. The highest BCUT2D eigenvalue weighted by Crippen LogP contribution is 2.22. The average molecular weight is 361 g/mol. The molecule has 0 saturated heterocycles. The van der Waals surface area contributed by atoms with Gasteiger partial charge in [0.2, 0.25) is 0 Å². The fraction of sp³-hybridized carbons (Fsp3) is 0. The van der Waals surface area contributed by atoms with Crippen LogP contribution >= 0.6 is 0 Å². The van der Waals surface area contributed by atoms with E-state index in [1.54, 1.807) is 30.5 Å². The highest BCUT2D eigenvalue weighted by Gasteiger charge is 2.08. The minimum Gasteiger partial charge on any atom is -0.338 e. The van der Waals surface area contributed by atoms with Crippen molar-refractivity contribution in [3.63, 3.8) is 0 Å². The first-order valence-electron chi connectivity index (χ1n) is 8.12. The average Bonchev–Trinajstić information content (AvgIpc) is 2.69. The molecule has 7 heteroatoms. The van der Waals surface area contributed by atoms with Crippen molar-refractivity contribution < 1.29 is 8.78 Å². The second-order valence-electron chi connectivity index (χ2n) is 5.68. The SMILES string of the molecule is Fc1ccccc1/C=N/c1ncc(F)c(Nc2ccc3ncccc3c2)n1. The van der Waals surface area contributed by atoms with Crippen LogP contribution in [0.5, 0.6) is 0 Å². The summed E-state index contributed by atoms with van der Waals surface area (Å²) in [6, 6.07) is 15.4. The van der Waals surface area contributed by atoms with Gasteiger partial charge >= 0.3 is 0 Å². The number of hydrogen-bond donors (Lipinski definition) is 1. The van der Waals surface area contributed by atoms with Crippen LogP contribution in [0.2, 0.25) is 0 Å². The molecule has 0 amide bonds. The van der Waals surface area contributed by atoms with Crippen molar-refractivity contribution in [1.82, 2.24) is 15.0 Å². The van der Waals surface area contributed by atoms with E-state index in [1.807, 2.05) is 24.3 Å². The summed E-state index contributed by atoms with van der Waals surface area (Å²) in [7, 11) is 0. The number of nitrogens with one attached hydrogen (secondary N) is 1. The lowest BCUT2D eigenvalue weighted by molar-refractivity contribution is 0.619. The van der Waals surface area contributed by atoms with Crippen LogP contribution in [0.1, 0.15) is 5.56 Å². The molecule has 0 fully saturated rings. The maximum absolute atomic E-state index is 14.1. The molecule has 0 saturated carbocycles. The minimum absolute atomic E-state index is 0.0182. The van der Waals surface area contributed by atoms with E-state index in [2.05, 4.69) is 25.3 Å². The van der Waals surface area contributed by atoms with Crippen LogP contribution in [-0.4, -0.2) is 21.2 Å². The number of aromatic nitrogens is 3. The van der Waals surface area contributed by atoms with Crippen molar-refractivity contribution in [1.29, 1.82) is 0 Å². The van der Waals surface area contributed by atoms with E-state index in [-0.39, 0.29) is 11.8 Å². The molecule has 4 aromatic rings. The maximum Gasteiger partial charge on any atom is 0.251 e. The Morgan fingerprint density at radius 1 is 0.926 bits per heavy atom. The highest BCUT2D eigenvalue weighted by atomic mass is 19.1. The molecule has 0 aliphatic carbocycles. The van der Waals surface area contributed by atoms with E-state index in [1.165, 1.54) is 12.3 Å². The summed E-state index contributed by atoms with van der Waals surface area (Å²) in [4.78, 5) is 16.1. The van der Waals surface area contributed by atoms with Crippen molar-refractivity contribution in [3.8, 4) is 0 Å². The minimum atomic E-state index is -0.619. The number of hydrogen-bond acceptors (Lipinski definition) is 5. The molecule has 0 radical (unpaired) electrons. The van der Waals surface area contributed by atoms with Crippen LogP contribution in [0.15, 0.2) is 72.0 Å². The fourth-order valence-electron chi connectivity index (χ4n) is 2.50. The number of nitrogens with zero attached hydrogens (tertiary/aromatic N) is 4. The Kier molecular flexibility index (Phi) is 4.49. The van der Waals surface area contributed by atoms with Crippen LogP contribution in [-0.2, 0) is 0 Å². The van der Waals surface area contributed by atoms with Crippen LogP contribution < -0.4 is 5.32 Å². The monoisotopic (exact) mass is 361 g/mol. The molecule has 2 aromatic heterocycles. The van der Waals surface area contributed by atoms with Gasteiger partial charge in [0, 0.05) is 29.0 Å². The molecule has 1 N–H and O–H groups in total.